The fraction of sp³-hybridized carbons (Fsp3) is 0.438. The number of nitrogens with one attached hydrogen (secondary N) is 1. The van der Waals surface area contributed by atoms with E-state index < -0.39 is 11.3 Å². The topological polar surface area (TPSA) is 71.0 Å². The van der Waals surface area contributed by atoms with E-state index in [2.05, 4.69) is 10.3 Å². The van der Waals surface area contributed by atoms with Crippen LogP contribution in [-0.4, -0.2) is 49.0 Å². The lowest BCUT2D eigenvalue weighted by Crippen LogP contribution is -2.60. The van der Waals surface area contributed by atoms with E-state index in [9.17, 15) is 9.59 Å². The summed E-state index contributed by atoms with van der Waals surface area (Å²) < 4.78 is 5.28. The third kappa shape index (κ3) is 2.29. The van der Waals surface area contributed by atoms with Gasteiger partial charge in [0.15, 0.2) is 5.41 Å². The molecule has 6 heteroatoms. The molecule has 1 atom stereocenters. The number of benzene rings is 1. The fourth-order valence-electron chi connectivity index (χ4n) is 2.94. The largest absolute Gasteiger partial charge is 0.378 e. The summed E-state index contributed by atoms with van der Waals surface area (Å²) in [4.78, 5) is 31.5. The Morgan fingerprint density at radius 3 is 2.50 bits per heavy atom. The number of carbonyl (C=O) groups is 2. The van der Waals surface area contributed by atoms with Crippen LogP contribution in [0.15, 0.2) is 35.3 Å². The predicted molar refractivity (Wildman–Crippen MR) is 81.4 cm³/mol. The molecule has 2 amide bonds. The second kappa shape index (κ2) is 5.88. The molecule has 2 heterocycles. The number of amides is 2. The van der Waals surface area contributed by atoms with Gasteiger partial charge in [-0.15, -0.1) is 0 Å². The lowest BCUT2D eigenvalue weighted by atomic mass is 9.75. The van der Waals surface area contributed by atoms with Crippen molar-refractivity contribution in [3.8, 4) is 0 Å². The van der Waals surface area contributed by atoms with E-state index >= 15 is 0 Å². The van der Waals surface area contributed by atoms with Crippen molar-refractivity contribution in [1.29, 1.82) is 0 Å². The van der Waals surface area contributed by atoms with Crippen molar-refractivity contribution in [1.82, 2.24) is 10.2 Å². The average molecular weight is 301 g/mol. The van der Waals surface area contributed by atoms with Crippen molar-refractivity contribution in [3.63, 3.8) is 0 Å². The van der Waals surface area contributed by atoms with Crippen molar-refractivity contribution in [2.24, 2.45) is 4.99 Å². The zero-order valence-electron chi connectivity index (χ0n) is 12.5. The van der Waals surface area contributed by atoms with Crippen molar-refractivity contribution in [2.75, 3.05) is 26.3 Å². The van der Waals surface area contributed by atoms with Crippen LogP contribution >= 0.6 is 0 Å². The molecule has 1 aromatic carbocycles. The Kier molecular flexibility index (Phi) is 3.94. The van der Waals surface area contributed by atoms with Crippen molar-refractivity contribution in [3.05, 3.63) is 35.9 Å². The SMILES string of the molecule is CCC1(c2ccccc2)C(=O)N=C(N2CCOCC2)NC1=O. The van der Waals surface area contributed by atoms with Crippen LogP contribution in [0.1, 0.15) is 18.9 Å². The quantitative estimate of drug-likeness (QED) is 0.816. The molecule has 1 N–H and O–H groups in total. The molecule has 116 valence electrons. The molecule has 22 heavy (non-hydrogen) atoms. The van der Waals surface area contributed by atoms with Gasteiger partial charge < -0.3 is 9.64 Å². The van der Waals surface area contributed by atoms with E-state index in [-0.39, 0.29) is 5.91 Å². The van der Waals surface area contributed by atoms with Crippen LogP contribution in [-0.2, 0) is 19.7 Å². The van der Waals surface area contributed by atoms with Gasteiger partial charge in [0.2, 0.25) is 11.9 Å². The smallest absolute Gasteiger partial charge is 0.269 e. The van der Waals surface area contributed by atoms with Gasteiger partial charge in [-0.1, -0.05) is 37.3 Å². The number of hydrogen-bond acceptors (Lipinski definition) is 4. The second-order valence-electron chi connectivity index (χ2n) is 5.42. The molecule has 3 rings (SSSR count). The first-order valence-corrected chi connectivity index (χ1v) is 7.51. The highest BCUT2D eigenvalue weighted by atomic mass is 16.5. The van der Waals surface area contributed by atoms with Gasteiger partial charge in [-0.25, -0.2) is 0 Å². The Morgan fingerprint density at radius 2 is 1.91 bits per heavy atom. The minimum absolute atomic E-state index is 0.303. The highest BCUT2D eigenvalue weighted by Gasteiger charge is 2.49. The summed E-state index contributed by atoms with van der Waals surface area (Å²) in [5.41, 5.74) is -0.540. The standard InChI is InChI=1S/C16H19N3O3/c1-2-16(12-6-4-3-5-7-12)13(20)17-15(18-14(16)21)19-8-10-22-11-9-19/h3-7H,2,8-11H2,1H3,(H,17,18,20,21). The van der Waals surface area contributed by atoms with Crippen LogP contribution < -0.4 is 5.32 Å². The maximum Gasteiger partial charge on any atom is 0.269 e. The third-order valence-corrected chi connectivity index (χ3v) is 4.29. The number of guanidine groups is 1. The zero-order valence-corrected chi connectivity index (χ0v) is 12.5. The van der Waals surface area contributed by atoms with Crippen LogP contribution in [0.4, 0.5) is 0 Å². The number of ether oxygens (including phenoxy) is 1. The first-order valence-electron chi connectivity index (χ1n) is 7.51. The first-order chi connectivity index (χ1) is 10.7. The molecule has 1 saturated heterocycles. The van der Waals surface area contributed by atoms with Crippen molar-refractivity contribution < 1.29 is 14.3 Å². The zero-order chi connectivity index (χ0) is 15.6. The molecular formula is C16H19N3O3. The fourth-order valence-corrected chi connectivity index (χ4v) is 2.94. The number of morpholine rings is 1. The summed E-state index contributed by atoms with van der Waals surface area (Å²) >= 11 is 0. The van der Waals surface area contributed by atoms with E-state index in [4.69, 9.17) is 4.74 Å². The number of rotatable bonds is 2. The molecule has 1 aromatic rings. The normalized spacial score (nSPS) is 25.7. The molecule has 0 radical (unpaired) electrons. The van der Waals surface area contributed by atoms with E-state index in [1.165, 1.54) is 0 Å². The number of nitrogens with zero attached hydrogens (tertiary/aromatic N) is 2. The summed E-state index contributed by atoms with van der Waals surface area (Å²) in [7, 11) is 0. The van der Waals surface area contributed by atoms with Gasteiger partial charge in [0.25, 0.3) is 5.91 Å². The van der Waals surface area contributed by atoms with E-state index in [1.807, 2.05) is 30.0 Å². The number of carbonyl (C=O) groups excluding carboxylic acids is 2. The highest BCUT2D eigenvalue weighted by molar-refractivity contribution is 6.21. The van der Waals surface area contributed by atoms with E-state index in [0.717, 1.165) is 0 Å². The van der Waals surface area contributed by atoms with Gasteiger partial charge in [-0.05, 0) is 12.0 Å². The Bertz CT molecular complexity index is 608. The van der Waals surface area contributed by atoms with Crippen LogP contribution in [0.3, 0.4) is 0 Å². The van der Waals surface area contributed by atoms with Gasteiger partial charge >= 0.3 is 0 Å². The number of hydrogen-bond donors (Lipinski definition) is 1. The monoisotopic (exact) mass is 301 g/mol. The molecule has 1 unspecified atom stereocenters. The second-order valence-corrected chi connectivity index (χ2v) is 5.42. The van der Waals surface area contributed by atoms with Gasteiger partial charge in [-0.3, -0.25) is 14.9 Å². The molecule has 0 spiro atoms. The van der Waals surface area contributed by atoms with Gasteiger partial charge in [0.05, 0.1) is 13.2 Å². The maximum atomic E-state index is 12.7. The van der Waals surface area contributed by atoms with Crippen molar-refractivity contribution >= 4 is 17.8 Å². The molecule has 0 aromatic heterocycles. The van der Waals surface area contributed by atoms with Crippen LogP contribution in [0.5, 0.6) is 0 Å². The average Bonchev–Trinajstić information content (AvgIpc) is 2.57. The predicted octanol–water partition coefficient (Wildman–Crippen LogP) is 0.679. The van der Waals surface area contributed by atoms with Crippen LogP contribution in [0.25, 0.3) is 0 Å². The summed E-state index contributed by atoms with van der Waals surface area (Å²) in [6.07, 6.45) is 0.377. The first kappa shape index (κ1) is 14.7. The minimum atomic E-state index is -1.23. The molecule has 1 fully saturated rings. The Hall–Kier alpha value is -2.21. The molecular weight excluding hydrogens is 282 g/mol. The van der Waals surface area contributed by atoms with Gasteiger partial charge in [0.1, 0.15) is 0 Å². The maximum absolute atomic E-state index is 12.7. The summed E-state index contributed by atoms with van der Waals surface area (Å²) in [6.45, 7) is 4.22. The van der Waals surface area contributed by atoms with Crippen molar-refractivity contribution in [2.45, 2.75) is 18.8 Å². The molecule has 6 nitrogen and oxygen atoms in total. The molecule has 2 aliphatic rings. The summed E-state index contributed by atoms with van der Waals surface area (Å²) in [5, 5.41) is 2.82. The molecule has 0 saturated carbocycles. The molecule has 0 aliphatic carbocycles. The lowest BCUT2D eigenvalue weighted by Gasteiger charge is -2.36. The highest BCUT2D eigenvalue weighted by Crippen LogP contribution is 2.32. The Balaban J connectivity index is 1.96. The minimum Gasteiger partial charge on any atom is -0.378 e. The summed E-state index contributed by atoms with van der Waals surface area (Å²) in [5.74, 6) is -0.354. The number of aliphatic imine (C=N–C) groups is 1. The molecule has 2 aliphatic heterocycles. The summed E-state index contributed by atoms with van der Waals surface area (Å²) in [6, 6.07) is 9.12. The Morgan fingerprint density at radius 1 is 1.23 bits per heavy atom. The van der Waals surface area contributed by atoms with Crippen LogP contribution in [0.2, 0.25) is 0 Å². The van der Waals surface area contributed by atoms with Gasteiger partial charge in [-0.2, -0.15) is 4.99 Å². The lowest BCUT2D eigenvalue weighted by molar-refractivity contribution is -0.136. The molecule has 0 bridgehead atoms. The van der Waals surface area contributed by atoms with Gasteiger partial charge in [0, 0.05) is 13.1 Å². The van der Waals surface area contributed by atoms with Crippen LogP contribution in [0, 0.1) is 0 Å². The van der Waals surface area contributed by atoms with E-state index in [0.29, 0.717) is 44.2 Å². The third-order valence-electron chi connectivity index (χ3n) is 4.29. The van der Waals surface area contributed by atoms with E-state index in [1.54, 1.807) is 12.1 Å². The Labute approximate surface area is 129 Å².